The van der Waals surface area contributed by atoms with Gasteiger partial charge in [-0.25, -0.2) is 0 Å². The monoisotopic (exact) mass is 155 g/mol. The number of ketones is 1. The van der Waals surface area contributed by atoms with E-state index in [0.717, 1.165) is 0 Å². The molecular formula is C8H11O3. The van der Waals surface area contributed by atoms with Gasteiger partial charge in [0.2, 0.25) is 0 Å². The number of Topliss-reactive ketones (excluding diaryl/α,β-unsaturated/α-hetero) is 1. The van der Waals surface area contributed by atoms with Crippen LogP contribution in [-0.2, 0) is 14.3 Å². The smallest absolute Gasteiger partial charge is 0.293 e. The summed E-state index contributed by atoms with van der Waals surface area (Å²) in [6.07, 6.45) is 4.32. The fourth-order valence-corrected chi connectivity index (χ4v) is 0.481. The van der Waals surface area contributed by atoms with Crippen molar-refractivity contribution in [3.8, 4) is 0 Å². The summed E-state index contributed by atoms with van der Waals surface area (Å²) in [6.45, 7) is 3.54. The Morgan fingerprint density at radius 1 is 1.55 bits per heavy atom. The molecule has 0 aliphatic carbocycles. The largest absolute Gasteiger partial charge is 0.465 e. The lowest BCUT2D eigenvalue weighted by Gasteiger charge is -2.06. The van der Waals surface area contributed by atoms with E-state index in [2.05, 4.69) is 4.74 Å². The first-order chi connectivity index (χ1) is 5.16. The molecule has 0 aliphatic heterocycles. The zero-order valence-electron chi connectivity index (χ0n) is 6.61. The van der Waals surface area contributed by atoms with Crippen LogP contribution in [0.4, 0.5) is 0 Å². The molecule has 0 N–H and O–H groups in total. The average Bonchev–Trinajstić information content (AvgIpc) is 1.87. The third kappa shape index (κ3) is 7.03. The zero-order valence-corrected chi connectivity index (χ0v) is 6.61. The zero-order chi connectivity index (χ0) is 8.69. The van der Waals surface area contributed by atoms with E-state index >= 15 is 0 Å². The second kappa shape index (κ2) is 5.89. The topological polar surface area (TPSA) is 43.4 Å². The van der Waals surface area contributed by atoms with Crippen molar-refractivity contribution in [1.29, 1.82) is 0 Å². The van der Waals surface area contributed by atoms with Crippen molar-refractivity contribution in [3.05, 3.63) is 19.3 Å². The minimum absolute atomic E-state index is 0.0282. The van der Waals surface area contributed by atoms with Gasteiger partial charge in [0.25, 0.3) is 6.47 Å². The van der Waals surface area contributed by atoms with E-state index < -0.39 is 0 Å². The highest BCUT2D eigenvalue weighted by atomic mass is 16.5. The summed E-state index contributed by atoms with van der Waals surface area (Å²) in [5, 5.41) is 0. The van der Waals surface area contributed by atoms with E-state index in [9.17, 15) is 9.59 Å². The Hall–Kier alpha value is -0.860. The van der Waals surface area contributed by atoms with E-state index in [0.29, 0.717) is 6.47 Å². The molecule has 0 aromatic carbocycles. The van der Waals surface area contributed by atoms with Crippen molar-refractivity contribution in [3.63, 3.8) is 0 Å². The number of carbonyl (C=O) groups is 2. The third-order valence-corrected chi connectivity index (χ3v) is 0.983. The number of rotatable bonds is 6. The Bertz CT molecular complexity index is 131. The van der Waals surface area contributed by atoms with Gasteiger partial charge < -0.3 is 4.74 Å². The third-order valence-electron chi connectivity index (χ3n) is 0.983. The fourth-order valence-electron chi connectivity index (χ4n) is 0.481. The normalized spacial score (nSPS) is 12.2. The van der Waals surface area contributed by atoms with Gasteiger partial charge in [0.1, 0.15) is 11.9 Å². The van der Waals surface area contributed by atoms with Gasteiger partial charge in [-0.1, -0.05) is 0 Å². The molecule has 3 nitrogen and oxygen atoms in total. The molecule has 0 aliphatic rings. The van der Waals surface area contributed by atoms with Crippen LogP contribution in [0, 0.1) is 19.3 Å². The Morgan fingerprint density at radius 3 is 2.64 bits per heavy atom. The van der Waals surface area contributed by atoms with Gasteiger partial charge in [0.05, 0.1) is 0 Å². The maximum absolute atomic E-state index is 10.4. The molecule has 0 rings (SSSR count). The van der Waals surface area contributed by atoms with Crippen LogP contribution in [0.15, 0.2) is 0 Å². The predicted octanol–water partition coefficient (Wildman–Crippen LogP) is 0.750. The second-order valence-corrected chi connectivity index (χ2v) is 2.10. The minimum Gasteiger partial charge on any atom is -0.465 e. The van der Waals surface area contributed by atoms with Crippen LogP contribution in [-0.4, -0.2) is 18.4 Å². The van der Waals surface area contributed by atoms with Crippen LogP contribution in [0.2, 0.25) is 0 Å². The van der Waals surface area contributed by atoms with Gasteiger partial charge in [0.15, 0.2) is 0 Å². The summed E-state index contributed by atoms with van der Waals surface area (Å²) in [5.41, 5.74) is 0. The molecule has 0 spiro atoms. The maximum Gasteiger partial charge on any atom is 0.293 e. The van der Waals surface area contributed by atoms with Crippen molar-refractivity contribution in [1.82, 2.24) is 0 Å². The average molecular weight is 155 g/mol. The van der Waals surface area contributed by atoms with E-state index in [4.69, 9.17) is 0 Å². The highest BCUT2D eigenvalue weighted by Crippen LogP contribution is 1.99. The van der Waals surface area contributed by atoms with Gasteiger partial charge in [-0.05, 0) is 20.3 Å². The van der Waals surface area contributed by atoms with Crippen LogP contribution >= 0.6 is 0 Å². The summed E-state index contributed by atoms with van der Waals surface area (Å²) in [5.74, 6) is -0.0282. The van der Waals surface area contributed by atoms with Crippen molar-refractivity contribution < 1.29 is 14.3 Å². The Balaban J connectivity index is 3.23. The number of ether oxygens (including phenoxy) is 1. The van der Waals surface area contributed by atoms with Crippen LogP contribution in [0.1, 0.15) is 13.8 Å². The van der Waals surface area contributed by atoms with Crippen LogP contribution < -0.4 is 0 Å². The summed E-state index contributed by atoms with van der Waals surface area (Å²) in [7, 11) is 0. The molecule has 61 valence electrons. The van der Waals surface area contributed by atoms with Crippen LogP contribution in [0.5, 0.6) is 0 Å². The first-order valence-electron chi connectivity index (χ1n) is 3.28. The lowest BCUT2D eigenvalue weighted by Crippen LogP contribution is -2.08. The lowest BCUT2D eigenvalue weighted by molar-refractivity contribution is -0.131. The van der Waals surface area contributed by atoms with Crippen molar-refractivity contribution in [2.45, 2.75) is 20.0 Å². The van der Waals surface area contributed by atoms with Crippen molar-refractivity contribution >= 4 is 12.3 Å². The highest BCUT2D eigenvalue weighted by molar-refractivity contribution is 5.86. The molecule has 3 heteroatoms. The Kier molecular flexibility index (Phi) is 5.43. The van der Waals surface area contributed by atoms with E-state index in [1.165, 1.54) is 13.3 Å². The van der Waals surface area contributed by atoms with Gasteiger partial charge >= 0.3 is 0 Å². The van der Waals surface area contributed by atoms with Crippen molar-refractivity contribution in [2.75, 3.05) is 0 Å². The predicted molar refractivity (Wildman–Crippen MR) is 40.2 cm³/mol. The number of hydrogen-bond acceptors (Lipinski definition) is 3. The maximum atomic E-state index is 10.4. The molecule has 3 radical (unpaired) electrons. The van der Waals surface area contributed by atoms with E-state index in [-0.39, 0.29) is 11.9 Å². The lowest BCUT2D eigenvalue weighted by atomic mass is 10.1. The SMILES string of the molecule is CC(=O)[CH][CH][CH][C@H](C)OC=O. The second-order valence-electron chi connectivity index (χ2n) is 2.10. The summed E-state index contributed by atoms with van der Waals surface area (Å²) < 4.78 is 4.52. The molecule has 0 bridgehead atoms. The van der Waals surface area contributed by atoms with Gasteiger partial charge in [-0.15, -0.1) is 0 Å². The Labute approximate surface area is 66.7 Å². The fraction of sp³-hybridized carbons (Fsp3) is 0.375. The molecule has 0 aromatic heterocycles. The molecule has 1 atom stereocenters. The van der Waals surface area contributed by atoms with Gasteiger partial charge in [-0.2, -0.15) is 0 Å². The first-order valence-corrected chi connectivity index (χ1v) is 3.28. The molecular weight excluding hydrogens is 144 g/mol. The molecule has 0 heterocycles. The highest BCUT2D eigenvalue weighted by Gasteiger charge is 2.02. The number of hydrogen-bond donors (Lipinski definition) is 0. The summed E-state index contributed by atoms with van der Waals surface area (Å²) in [6, 6.07) is 0. The van der Waals surface area contributed by atoms with Gasteiger partial charge in [-0.3, -0.25) is 9.59 Å². The molecule has 11 heavy (non-hydrogen) atoms. The van der Waals surface area contributed by atoms with Crippen LogP contribution in [0.25, 0.3) is 0 Å². The molecule has 0 aromatic rings. The minimum atomic E-state index is -0.275. The summed E-state index contributed by atoms with van der Waals surface area (Å²) in [4.78, 5) is 20.1. The molecule has 0 saturated carbocycles. The molecule has 0 fully saturated rings. The molecule has 0 amide bonds. The van der Waals surface area contributed by atoms with E-state index in [1.54, 1.807) is 19.8 Å². The standard InChI is InChI=1S/C8H11O3/c1-7(10)4-3-5-8(2)11-6-9/h3-6,8H,1-2H3/t8-/m0/s1. The Morgan fingerprint density at radius 2 is 2.18 bits per heavy atom. The molecule has 0 unspecified atom stereocenters. The van der Waals surface area contributed by atoms with Crippen LogP contribution in [0.3, 0.4) is 0 Å². The quantitative estimate of drug-likeness (QED) is 0.531. The molecule has 0 saturated heterocycles. The first kappa shape index (κ1) is 10.1. The number of carbonyl (C=O) groups excluding carboxylic acids is 2. The van der Waals surface area contributed by atoms with E-state index in [1.807, 2.05) is 0 Å². The summed E-state index contributed by atoms with van der Waals surface area (Å²) >= 11 is 0. The van der Waals surface area contributed by atoms with Crippen molar-refractivity contribution in [2.24, 2.45) is 0 Å². The van der Waals surface area contributed by atoms with Gasteiger partial charge in [0, 0.05) is 12.8 Å².